The average Bonchev–Trinajstić information content (AvgIpc) is 2.50. The van der Waals surface area contributed by atoms with E-state index in [1.165, 1.54) is 0 Å². The minimum Gasteiger partial charge on any atom is -0.494 e. The van der Waals surface area contributed by atoms with Crippen LogP contribution in [0, 0.1) is 0 Å². The fourth-order valence-electron chi connectivity index (χ4n) is 1.87. The first-order valence-electron chi connectivity index (χ1n) is 6.80. The van der Waals surface area contributed by atoms with E-state index in [1.54, 1.807) is 18.2 Å². The molecule has 0 atom stereocenters. The lowest BCUT2D eigenvalue weighted by atomic mass is 10.2. The number of hydrogen-bond donors (Lipinski definition) is 2. The molecule has 0 aromatic heterocycles. The van der Waals surface area contributed by atoms with Crippen LogP contribution in [0.5, 0.6) is 5.75 Å². The maximum absolute atomic E-state index is 11.9. The van der Waals surface area contributed by atoms with Crippen LogP contribution in [-0.2, 0) is 6.54 Å². The first-order valence-corrected chi connectivity index (χ1v) is 7.56. The molecule has 4 nitrogen and oxygen atoms in total. The summed E-state index contributed by atoms with van der Waals surface area (Å²) in [6.45, 7) is 2.86. The zero-order valence-electron chi connectivity index (χ0n) is 12.0. The smallest absolute Gasteiger partial charge is 0.319 e. The maximum atomic E-state index is 11.9. The van der Waals surface area contributed by atoms with E-state index in [1.807, 2.05) is 31.2 Å². The van der Waals surface area contributed by atoms with Gasteiger partial charge in [0.25, 0.3) is 0 Å². The molecule has 6 heteroatoms. The fraction of sp³-hybridized carbons (Fsp3) is 0.188. The van der Waals surface area contributed by atoms with E-state index >= 15 is 0 Å². The van der Waals surface area contributed by atoms with Gasteiger partial charge in [-0.15, -0.1) is 0 Å². The molecule has 0 fully saturated rings. The molecule has 0 aliphatic rings. The Morgan fingerprint density at radius 2 is 1.91 bits per heavy atom. The van der Waals surface area contributed by atoms with Crippen LogP contribution < -0.4 is 15.4 Å². The van der Waals surface area contributed by atoms with Gasteiger partial charge in [-0.2, -0.15) is 0 Å². The largest absolute Gasteiger partial charge is 0.494 e. The van der Waals surface area contributed by atoms with Crippen molar-refractivity contribution >= 4 is 34.9 Å². The van der Waals surface area contributed by atoms with Crippen molar-refractivity contribution in [2.24, 2.45) is 0 Å². The zero-order chi connectivity index (χ0) is 15.9. The standard InChI is InChI=1S/C16H16Cl2N2O2/c1-2-22-15-6-4-3-5-11(15)10-19-16(21)20-12-7-8-13(17)14(18)9-12/h3-9H,2,10H2,1H3,(H2,19,20,21). The third-order valence-corrected chi connectivity index (χ3v) is 3.63. The molecule has 0 aliphatic carbocycles. The molecule has 0 heterocycles. The van der Waals surface area contributed by atoms with Crippen molar-refractivity contribution in [3.8, 4) is 5.75 Å². The van der Waals surface area contributed by atoms with E-state index < -0.39 is 0 Å². The molecule has 2 amide bonds. The molecule has 0 saturated heterocycles. The number of ether oxygens (including phenoxy) is 1. The summed E-state index contributed by atoms with van der Waals surface area (Å²) < 4.78 is 5.51. The van der Waals surface area contributed by atoms with E-state index in [0.717, 1.165) is 11.3 Å². The molecule has 0 radical (unpaired) electrons. The Labute approximate surface area is 139 Å². The lowest BCUT2D eigenvalue weighted by molar-refractivity contribution is 0.251. The van der Waals surface area contributed by atoms with Crippen molar-refractivity contribution < 1.29 is 9.53 Å². The molecule has 2 aromatic rings. The minimum atomic E-state index is -0.329. The number of nitrogens with one attached hydrogen (secondary N) is 2. The van der Waals surface area contributed by atoms with E-state index in [-0.39, 0.29) is 6.03 Å². The Kier molecular flexibility index (Phi) is 5.92. The fourth-order valence-corrected chi connectivity index (χ4v) is 2.17. The van der Waals surface area contributed by atoms with Crippen molar-refractivity contribution in [2.45, 2.75) is 13.5 Å². The molecule has 0 bridgehead atoms. The monoisotopic (exact) mass is 338 g/mol. The van der Waals surface area contributed by atoms with Gasteiger partial charge in [-0.1, -0.05) is 41.4 Å². The predicted octanol–water partition coefficient (Wildman–Crippen LogP) is 4.71. The van der Waals surface area contributed by atoms with Crippen LogP contribution in [0.1, 0.15) is 12.5 Å². The Balaban J connectivity index is 1.94. The van der Waals surface area contributed by atoms with Crippen LogP contribution in [0.4, 0.5) is 10.5 Å². The molecule has 0 unspecified atom stereocenters. The van der Waals surface area contributed by atoms with Crippen LogP contribution in [0.3, 0.4) is 0 Å². The molecule has 22 heavy (non-hydrogen) atoms. The van der Waals surface area contributed by atoms with E-state index in [0.29, 0.717) is 28.9 Å². The summed E-state index contributed by atoms with van der Waals surface area (Å²) >= 11 is 11.7. The molecule has 116 valence electrons. The van der Waals surface area contributed by atoms with Crippen LogP contribution in [-0.4, -0.2) is 12.6 Å². The summed E-state index contributed by atoms with van der Waals surface area (Å²) in [5, 5.41) is 6.30. The minimum absolute atomic E-state index is 0.329. The zero-order valence-corrected chi connectivity index (χ0v) is 13.5. The molecular weight excluding hydrogens is 323 g/mol. The first kappa shape index (κ1) is 16.5. The number of para-hydroxylation sites is 1. The summed E-state index contributed by atoms with van der Waals surface area (Å²) in [6.07, 6.45) is 0. The second-order valence-corrected chi connectivity index (χ2v) is 5.29. The average molecular weight is 339 g/mol. The quantitative estimate of drug-likeness (QED) is 0.829. The highest BCUT2D eigenvalue weighted by atomic mass is 35.5. The molecular formula is C16H16Cl2N2O2. The normalized spacial score (nSPS) is 10.1. The van der Waals surface area contributed by atoms with Gasteiger partial charge in [0.2, 0.25) is 0 Å². The SMILES string of the molecule is CCOc1ccccc1CNC(=O)Nc1ccc(Cl)c(Cl)c1. The van der Waals surface area contributed by atoms with Gasteiger partial charge in [-0.3, -0.25) is 0 Å². The Bertz CT molecular complexity index is 662. The second kappa shape index (κ2) is 7.92. The third kappa shape index (κ3) is 4.55. The van der Waals surface area contributed by atoms with Crippen LogP contribution >= 0.6 is 23.2 Å². The van der Waals surface area contributed by atoms with E-state index in [2.05, 4.69) is 10.6 Å². The van der Waals surface area contributed by atoms with Gasteiger partial charge in [-0.05, 0) is 31.2 Å². The first-order chi connectivity index (χ1) is 10.6. The van der Waals surface area contributed by atoms with Crippen molar-refractivity contribution in [1.82, 2.24) is 5.32 Å². The van der Waals surface area contributed by atoms with Crippen LogP contribution in [0.15, 0.2) is 42.5 Å². The van der Waals surface area contributed by atoms with Gasteiger partial charge in [0, 0.05) is 17.8 Å². The number of amides is 2. The highest BCUT2D eigenvalue weighted by molar-refractivity contribution is 6.42. The van der Waals surface area contributed by atoms with Gasteiger partial charge in [0.1, 0.15) is 5.75 Å². The number of hydrogen-bond acceptors (Lipinski definition) is 2. The van der Waals surface area contributed by atoms with Gasteiger partial charge in [0.15, 0.2) is 0 Å². The number of halogens is 2. The van der Waals surface area contributed by atoms with Crippen molar-refractivity contribution in [3.63, 3.8) is 0 Å². The topological polar surface area (TPSA) is 50.4 Å². The van der Waals surface area contributed by atoms with Gasteiger partial charge < -0.3 is 15.4 Å². The Hall–Kier alpha value is -1.91. The van der Waals surface area contributed by atoms with Gasteiger partial charge in [0.05, 0.1) is 16.7 Å². The lowest BCUT2D eigenvalue weighted by Crippen LogP contribution is -2.28. The number of urea groups is 1. The number of rotatable bonds is 5. The van der Waals surface area contributed by atoms with Crippen LogP contribution in [0.2, 0.25) is 10.0 Å². The second-order valence-electron chi connectivity index (χ2n) is 4.48. The Morgan fingerprint density at radius 3 is 2.64 bits per heavy atom. The molecule has 0 spiro atoms. The van der Waals surface area contributed by atoms with Crippen LogP contribution in [0.25, 0.3) is 0 Å². The van der Waals surface area contributed by atoms with Crippen molar-refractivity contribution in [2.75, 3.05) is 11.9 Å². The highest BCUT2D eigenvalue weighted by Crippen LogP contribution is 2.25. The highest BCUT2D eigenvalue weighted by Gasteiger charge is 2.06. The molecule has 0 saturated carbocycles. The third-order valence-electron chi connectivity index (χ3n) is 2.89. The summed E-state index contributed by atoms with van der Waals surface area (Å²) in [5.41, 5.74) is 1.48. The maximum Gasteiger partial charge on any atom is 0.319 e. The summed E-state index contributed by atoms with van der Waals surface area (Å²) in [4.78, 5) is 11.9. The van der Waals surface area contributed by atoms with Crippen molar-refractivity contribution in [3.05, 3.63) is 58.1 Å². The van der Waals surface area contributed by atoms with Gasteiger partial charge in [-0.25, -0.2) is 4.79 Å². The number of carbonyl (C=O) groups is 1. The van der Waals surface area contributed by atoms with E-state index in [4.69, 9.17) is 27.9 Å². The number of anilines is 1. The lowest BCUT2D eigenvalue weighted by Gasteiger charge is -2.12. The summed E-state index contributed by atoms with van der Waals surface area (Å²) in [5.74, 6) is 0.764. The van der Waals surface area contributed by atoms with E-state index in [9.17, 15) is 4.79 Å². The molecule has 2 rings (SSSR count). The predicted molar refractivity (Wildman–Crippen MR) is 89.9 cm³/mol. The molecule has 0 aliphatic heterocycles. The Morgan fingerprint density at radius 1 is 1.14 bits per heavy atom. The van der Waals surface area contributed by atoms with Crippen molar-refractivity contribution in [1.29, 1.82) is 0 Å². The van der Waals surface area contributed by atoms with Gasteiger partial charge >= 0.3 is 6.03 Å². The molecule has 2 aromatic carbocycles. The number of benzene rings is 2. The summed E-state index contributed by atoms with van der Waals surface area (Å²) in [7, 11) is 0. The summed E-state index contributed by atoms with van der Waals surface area (Å²) in [6, 6.07) is 12.1. The number of carbonyl (C=O) groups excluding carboxylic acids is 1. The molecule has 2 N–H and O–H groups in total.